The van der Waals surface area contributed by atoms with E-state index in [1.54, 1.807) is 16.7 Å². The Morgan fingerprint density at radius 3 is 2.88 bits per heavy atom. The third-order valence-electron chi connectivity index (χ3n) is 4.63. The Kier molecular flexibility index (Phi) is 3.11. The first-order valence-electron chi connectivity index (χ1n) is 8.01. The van der Waals surface area contributed by atoms with Gasteiger partial charge in [-0.3, -0.25) is 14.9 Å². The minimum absolute atomic E-state index is 0.0737. The van der Waals surface area contributed by atoms with E-state index in [-0.39, 0.29) is 17.2 Å². The summed E-state index contributed by atoms with van der Waals surface area (Å²) in [4.78, 5) is 34.6. The van der Waals surface area contributed by atoms with Crippen LogP contribution in [0.15, 0.2) is 48.5 Å². The number of fused-ring (bicyclic) bond motifs is 4. The topological polar surface area (TPSA) is 78.1 Å². The first kappa shape index (κ1) is 14.5. The molecule has 2 aromatic carbocycles. The van der Waals surface area contributed by atoms with Crippen molar-refractivity contribution in [2.24, 2.45) is 0 Å². The van der Waals surface area contributed by atoms with E-state index in [9.17, 15) is 9.59 Å². The number of anilines is 1. The number of hydrogen-bond donors (Lipinski definition) is 2. The molecule has 3 heterocycles. The number of para-hydroxylation sites is 2. The lowest BCUT2D eigenvalue weighted by atomic mass is 10.1. The zero-order chi connectivity index (χ0) is 17.0. The van der Waals surface area contributed by atoms with Crippen molar-refractivity contribution in [2.75, 3.05) is 11.1 Å². The Labute approximate surface area is 147 Å². The van der Waals surface area contributed by atoms with Crippen LogP contribution in [0.3, 0.4) is 0 Å². The van der Waals surface area contributed by atoms with Crippen molar-refractivity contribution in [3.05, 3.63) is 59.7 Å². The van der Waals surface area contributed by atoms with Gasteiger partial charge < -0.3 is 9.88 Å². The molecule has 0 spiro atoms. The first-order valence-corrected chi connectivity index (χ1v) is 9.06. The summed E-state index contributed by atoms with van der Waals surface area (Å²) in [7, 11) is 0. The average Bonchev–Trinajstić information content (AvgIpc) is 3.30. The summed E-state index contributed by atoms with van der Waals surface area (Å²) >= 11 is 1.63. The molecule has 1 fully saturated rings. The number of aromatic amines is 1. The normalized spacial score (nSPS) is 21.4. The van der Waals surface area contributed by atoms with Crippen molar-refractivity contribution in [1.82, 2.24) is 14.9 Å². The molecule has 25 heavy (non-hydrogen) atoms. The van der Waals surface area contributed by atoms with E-state index in [0.717, 1.165) is 16.6 Å². The van der Waals surface area contributed by atoms with Crippen molar-refractivity contribution < 1.29 is 9.59 Å². The second-order valence-corrected chi connectivity index (χ2v) is 7.21. The molecule has 0 aliphatic carbocycles. The van der Waals surface area contributed by atoms with Crippen LogP contribution in [0, 0.1) is 0 Å². The smallest absolute Gasteiger partial charge is 0.256 e. The fraction of sp³-hybridized carbons (Fsp3) is 0.167. The molecule has 0 unspecified atom stereocenters. The summed E-state index contributed by atoms with van der Waals surface area (Å²) in [6.07, 6.45) is 0. The Balaban J connectivity index is 1.41. The summed E-state index contributed by atoms with van der Waals surface area (Å²) in [5.41, 5.74) is 3.35. The lowest BCUT2D eigenvalue weighted by Crippen LogP contribution is -2.43. The molecule has 1 aromatic heterocycles. The number of carbonyl (C=O) groups is 2. The number of carbonyl (C=O) groups excluding carboxylic acids is 2. The molecule has 2 aliphatic heterocycles. The minimum atomic E-state index is -0.497. The summed E-state index contributed by atoms with van der Waals surface area (Å²) in [6.45, 7) is 0. The van der Waals surface area contributed by atoms with Gasteiger partial charge in [0.05, 0.1) is 11.0 Å². The maximum atomic E-state index is 12.8. The van der Waals surface area contributed by atoms with Crippen molar-refractivity contribution >= 4 is 40.6 Å². The van der Waals surface area contributed by atoms with Crippen molar-refractivity contribution in [3.8, 4) is 0 Å². The molecule has 2 aliphatic rings. The van der Waals surface area contributed by atoms with Crippen LogP contribution < -0.4 is 5.32 Å². The number of hydrogen-bond acceptors (Lipinski definition) is 4. The van der Waals surface area contributed by atoms with Crippen LogP contribution in [0.4, 0.5) is 5.95 Å². The van der Waals surface area contributed by atoms with E-state index in [0.29, 0.717) is 17.3 Å². The maximum Gasteiger partial charge on any atom is 0.256 e. The molecule has 124 valence electrons. The highest BCUT2D eigenvalue weighted by Crippen LogP contribution is 2.48. The number of thioether (sulfide) groups is 1. The molecule has 6 nitrogen and oxygen atoms in total. The molecular weight excluding hydrogens is 336 g/mol. The van der Waals surface area contributed by atoms with E-state index < -0.39 is 6.04 Å². The van der Waals surface area contributed by atoms with Gasteiger partial charge in [-0.2, -0.15) is 0 Å². The van der Waals surface area contributed by atoms with E-state index >= 15 is 0 Å². The lowest BCUT2D eigenvalue weighted by Gasteiger charge is -2.22. The highest BCUT2D eigenvalue weighted by molar-refractivity contribution is 7.99. The van der Waals surface area contributed by atoms with E-state index in [1.165, 1.54) is 0 Å². The van der Waals surface area contributed by atoms with Crippen LogP contribution >= 0.6 is 11.8 Å². The van der Waals surface area contributed by atoms with Gasteiger partial charge in [-0.05, 0) is 23.8 Å². The summed E-state index contributed by atoms with van der Waals surface area (Å²) in [5, 5.41) is 2.75. The van der Waals surface area contributed by atoms with Gasteiger partial charge in [-0.1, -0.05) is 30.3 Å². The third-order valence-corrected chi connectivity index (χ3v) is 5.93. The number of nitrogens with one attached hydrogen (secondary N) is 2. The Bertz CT molecular complexity index is 982. The van der Waals surface area contributed by atoms with Gasteiger partial charge in [0, 0.05) is 11.3 Å². The lowest BCUT2D eigenvalue weighted by molar-refractivity contribution is -0.119. The molecule has 2 atom stereocenters. The number of H-pyrrole nitrogens is 1. The molecule has 0 bridgehead atoms. The highest BCUT2D eigenvalue weighted by Gasteiger charge is 2.48. The second kappa shape index (κ2) is 5.35. The van der Waals surface area contributed by atoms with Gasteiger partial charge in [0.25, 0.3) is 5.91 Å². The van der Waals surface area contributed by atoms with Crippen LogP contribution in [0.2, 0.25) is 0 Å². The van der Waals surface area contributed by atoms with Crippen LogP contribution in [0.5, 0.6) is 0 Å². The molecule has 0 saturated carbocycles. The molecule has 2 amide bonds. The van der Waals surface area contributed by atoms with E-state index in [1.807, 2.05) is 48.5 Å². The molecule has 5 rings (SSSR count). The van der Waals surface area contributed by atoms with Gasteiger partial charge in [0.1, 0.15) is 11.4 Å². The predicted molar refractivity (Wildman–Crippen MR) is 96.3 cm³/mol. The predicted octanol–water partition coefficient (Wildman–Crippen LogP) is 2.77. The highest BCUT2D eigenvalue weighted by atomic mass is 32.2. The molecule has 3 aromatic rings. The Hall–Kier alpha value is -2.80. The number of rotatable bonds is 2. The number of nitrogens with zero attached hydrogens (tertiary/aromatic N) is 2. The van der Waals surface area contributed by atoms with Crippen LogP contribution in [0.1, 0.15) is 21.3 Å². The standard InChI is InChI=1S/C18H14N4O2S/c23-15(21-18-19-12-7-3-4-8-13(12)20-18)14-9-25-17-11-6-2-1-5-10(11)16(24)22(14)17/h1-8,14,17H,9H2,(H2,19,20,21,23)/t14-,17+/m0/s1. The largest absolute Gasteiger partial charge is 0.324 e. The van der Waals surface area contributed by atoms with Crippen LogP contribution in [0.25, 0.3) is 11.0 Å². The summed E-state index contributed by atoms with van der Waals surface area (Å²) in [5.74, 6) is 0.700. The fourth-order valence-electron chi connectivity index (χ4n) is 3.45. The van der Waals surface area contributed by atoms with Crippen molar-refractivity contribution in [1.29, 1.82) is 0 Å². The molecule has 7 heteroatoms. The molecule has 0 radical (unpaired) electrons. The van der Waals surface area contributed by atoms with Gasteiger partial charge in [-0.25, -0.2) is 4.98 Å². The zero-order valence-corrected chi connectivity index (χ0v) is 13.9. The van der Waals surface area contributed by atoms with Gasteiger partial charge in [-0.15, -0.1) is 11.8 Å². The SMILES string of the molecule is O=C(Nc1nc2ccccc2[nH]1)[C@@H]1CS[C@@H]2c3ccccc3C(=O)N21. The minimum Gasteiger partial charge on any atom is -0.324 e. The average molecular weight is 350 g/mol. The quantitative estimate of drug-likeness (QED) is 0.745. The Morgan fingerprint density at radius 1 is 1.20 bits per heavy atom. The van der Waals surface area contributed by atoms with Crippen molar-refractivity contribution in [3.63, 3.8) is 0 Å². The maximum absolute atomic E-state index is 12.8. The second-order valence-electron chi connectivity index (χ2n) is 6.09. The number of imidazole rings is 1. The summed E-state index contributed by atoms with van der Waals surface area (Å²) in [6, 6.07) is 14.7. The van der Waals surface area contributed by atoms with Gasteiger partial charge in [0.15, 0.2) is 0 Å². The molecule has 1 saturated heterocycles. The van der Waals surface area contributed by atoms with E-state index in [4.69, 9.17) is 0 Å². The van der Waals surface area contributed by atoms with E-state index in [2.05, 4.69) is 15.3 Å². The third kappa shape index (κ3) is 2.16. The Morgan fingerprint density at radius 2 is 2.00 bits per heavy atom. The molecular formula is C18H14N4O2S. The van der Waals surface area contributed by atoms with Crippen LogP contribution in [-0.2, 0) is 4.79 Å². The monoisotopic (exact) mass is 350 g/mol. The summed E-state index contributed by atoms with van der Waals surface area (Å²) < 4.78 is 0. The number of benzene rings is 2. The first-order chi connectivity index (χ1) is 12.2. The number of aromatic nitrogens is 2. The van der Waals surface area contributed by atoms with Gasteiger partial charge >= 0.3 is 0 Å². The molecule has 2 N–H and O–H groups in total. The number of amides is 2. The zero-order valence-electron chi connectivity index (χ0n) is 13.1. The fourth-order valence-corrected chi connectivity index (χ4v) is 4.92. The van der Waals surface area contributed by atoms with Gasteiger partial charge in [0.2, 0.25) is 11.9 Å². The van der Waals surface area contributed by atoms with Crippen molar-refractivity contribution in [2.45, 2.75) is 11.4 Å². The van der Waals surface area contributed by atoms with Crippen LogP contribution in [-0.4, -0.2) is 38.5 Å².